The van der Waals surface area contributed by atoms with Crippen molar-refractivity contribution < 1.29 is 0 Å². The van der Waals surface area contributed by atoms with E-state index in [0.29, 0.717) is 12.1 Å². The molecule has 1 atom stereocenters. The maximum absolute atomic E-state index is 4.17. The minimum atomic E-state index is 0.553. The van der Waals surface area contributed by atoms with Gasteiger partial charge in [-0.15, -0.1) is 10.2 Å². The smallest absolute Gasteiger partial charge is 0.147 e. The first kappa shape index (κ1) is 12.5. The van der Waals surface area contributed by atoms with Crippen LogP contribution in [0.25, 0.3) is 0 Å². The van der Waals surface area contributed by atoms with E-state index in [2.05, 4.69) is 45.8 Å². The van der Waals surface area contributed by atoms with E-state index in [1.165, 1.54) is 6.42 Å². The van der Waals surface area contributed by atoms with Crippen LogP contribution >= 0.6 is 0 Å². The lowest BCUT2D eigenvalue weighted by Gasteiger charge is -2.34. The molecule has 1 N–H and O–H groups in total. The van der Waals surface area contributed by atoms with Crippen molar-refractivity contribution in [1.82, 2.24) is 25.0 Å². The van der Waals surface area contributed by atoms with Crippen molar-refractivity contribution in [3.8, 4) is 0 Å². The van der Waals surface area contributed by atoms with E-state index in [1.54, 1.807) is 0 Å². The Morgan fingerprint density at radius 1 is 1.41 bits per heavy atom. The van der Waals surface area contributed by atoms with E-state index in [9.17, 15) is 0 Å². The van der Waals surface area contributed by atoms with Gasteiger partial charge in [-0.3, -0.25) is 4.90 Å². The number of nitrogens with zero attached hydrogens (tertiary/aromatic N) is 4. The molecule has 1 aromatic rings. The molecule has 0 saturated carbocycles. The highest BCUT2D eigenvalue weighted by atomic mass is 15.3. The molecule has 2 heterocycles. The topological polar surface area (TPSA) is 46.0 Å². The molecule has 0 fully saturated rings. The molecule has 2 rings (SSSR count). The summed E-state index contributed by atoms with van der Waals surface area (Å²) in [5.41, 5.74) is 0. The fraction of sp³-hybridized carbons (Fsp3) is 0.833. The summed E-state index contributed by atoms with van der Waals surface area (Å²) < 4.78 is 2.15. The van der Waals surface area contributed by atoms with Gasteiger partial charge in [-0.2, -0.15) is 0 Å². The summed E-state index contributed by atoms with van der Waals surface area (Å²) in [7, 11) is 0. The Labute approximate surface area is 103 Å². The average molecular weight is 237 g/mol. The lowest BCUT2D eigenvalue weighted by Crippen LogP contribution is -2.46. The highest BCUT2D eigenvalue weighted by molar-refractivity contribution is 4.92. The number of hydrogen-bond acceptors (Lipinski definition) is 4. The third kappa shape index (κ3) is 3.04. The fourth-order valence-corrected chi connectivity index (χ4v) is 2.30. The van der Waals surface area contributed by atoms with Gasteiger partial charge in [0.05, 0.1) is 6.54 Å². The zero-order valence-electron chi connectivity index (χ0n) is 11.1. The summed E-state index contributed by atoms with van der Waals surface area (Å²) in [6.45, 7) is 10.7. The monoisotopic (exact) mass is 237 g/mol. The quantitative estimate of drug-likeness (QED) is 0.825. The lowest BCUT2D eigenvalue weighted by atomic mass is 10.1. The lowest BCUT2D eigenvalue weighted by molar-refractivity contribution is 0.143. The maximum Gasteiger partial charge on any atom is 0.147 e. The van der Waals surface area contributed by atoms with Crippen molar-refractivity contribution in [2.75, 3.05) is 13.1 Å². The Hall–Kier alpha value is -0.940. The van der Waals surface area contributed by atoms with Gasteiger partial charge in [0.25, 0.3) is 0 Å². The molecule has 0 radical (unpaired) electrons. The fourth-order valence-electron chi connectivity index (χ4n) is 2.30. The third-order valence-electron chi connectivity index (χ3n) is 3.42. The first-order chi connectivity index (χ1) is 8.20. The zero-order chi connectivity index (χ0) is 12.3. The van der Waals surface area contributed by atoms with Gasteiger partial charge in [-0.1, -0.05) is 20.8 Å². The summed E-state index contributed by atoms with van der Waals surface area (Å²) >= 11 is 0. The molecule has 1 unspecified atom stereocenters. The molecule has 5 nitrogen and oxygen atoms in total. The summed E-state index contributed by atoms with van der Waals surface area (Å²) in [6.07, 6.45) is 3.01. The van der Waals surface area contributed by atoms with E-state index >= 15 is 0 Å². The number of aromatic nitrogens is 3. The summed E-state index contributed by atoms with van der Waals surface area (Å²) in [6, 6.07) is 1.15. The molecule has 0 amide bonds. The van der Waals surface area contributed by atoms with E-state index in [0.717, 1.165) is 32.0 Å². The molecule has 0 aliphatic carbocycles. The second kappa shape index (κ2) is 5.60. The van der Waals surface area contributed by atoms with Crippen molar-refractivity contribution in [3.63, 3.8) is 0 Å². The van der Waals surface area contributed by atoms with Crippen LogP contribution < -0.4 is 5.32 Å². The molecule has 1 aliphatic heterocycles. The molecule has 0 aromatic carbocycles. The molecule has 1 aromatic heterocycles. The van der Waals surface area contributed by atoms with Crippen molar-refractivity contribution in [2.24, 2.45) is 0 Å². The number of rotatable bonds is 5. The SMILES string of the molecule is CCC(CNC(C)C)N1CCn2cnnc2C1. The molecule has 0 spiro atoms. The third-order valence-corrected chi connectivity index (χ3v) is 3.42. The molecule has 1 aliphatic rings. The standard InChI is InChI=1S/C12H23N5/c1-4-11(7-13-10(2)3)16-5-6-17-9-14-15-12(17)8-16/h9-11,13H,4-8H2,1-3H3. The largest absolute Gasteiger partial charge is 0.315 e. The molecule has 0 bridgehead atoms. The van der Waals surface area contributed by atoms with Crippen LogP contribution in [0.2, 0.25) is 0 Å². The van der Waals surface area contributed by atoms with E-state index in [4.69, 9.17) is 0 Å². The number of hydrogen-bond donors (Lipinski definition) is 1. The maximum atomic E-state index is 4.17. The summed E-state index contributed by atoms with van der Waals surface area (Å²) in [4.78, 5) is 2.51. The second-order valence-electron chi connectivity index (χ2n) is 5.04. The second-order valence-corrected chi connectivity index (χ2v) is 5.04. The molecule has 0 saturated heterocycles. The van der Waals surface area contributed by atoms with Gasteiger partial charge in [0.2, 0.25) is 0 Å². The van der Waals surface area contributed by atoms with Crippen LogP contribution in [0.1, 0.15) is 33.0 Å². The van der Waals surface area contributed by atoms with Gasteiger partial charge in [-0.05, 0) is 6.42 Å². The van der Waals surface area contributed by atoms with E-state index in [-0.39, 0.29) is 0 Å². The van der Waals surface area contributed by atoms with Gasteiger partial charge in [0.1, 0.15) is 12.2 Å². The van der Waals surface area contributed by atoms with E-state index in [1.807, 2.05) is 6.33 Å². The Morgan fingerprint density at radius 2 is 2.24 bits per heavy atom. The van der Waals surface area contributed by atoms with Gasteiger partial charge in [0.15, 0.2) is 0 Å². The van der Waals surface area contributed by atoms with Crippen molar-refractivity contribution in [1.29, 1.82) is 0 Å². The van der Waals surface area contributed by atoms with Gasteiger partial charge >= 0.3 is 0 Å². The van der Waals surface area contributed by atoms with Crippen LogP contribution in [0, 0.1) is 0 Å². The minimum absolute atomic E-state index is 0.553. The molecular formula is C12H23N5. The number of nitrogens with one attached hydrogen (secondary N) is 1. The highest BCUT2D eigenvalue weighted by Crippen LogP contribution is 2.14. The predicted octanol–water partition coefficient (Wildman–Crippen LogP) is 0.870. The summed E-state index contributed by atoms with van der Waals surface area (Å²) in [5.74, 6) is 1.10. The Kier molecular flexibility index (Phi) is 4.12. The molecular weight excluding hydrogens is 214 g/mol. The first-order valence-corrected chi connectivity index (χ1v) is 6.54. The van der Waals surface area contributed by atoms with Crippen LogP contribution in [-0.4, -0.2) is 44.8 Å². The van der Waals surface area contributed by atoms with Crippen molar-refractivity contribution >= 4 is 0 Å². The highest BCUT2D eigenvalue weighted by Gasteiger charge is 2.23. The van der Waals surface area contributed by atoms with Crippen molar-refractivity contribution in [2.45, 2.75) is 52.4 Å². The Bertz CT molecular complexity index is 346. The first-order valence-electron chi connectivity index (χ1n) is 6.54. The van der Waals surface area contributed by atoms with Crippen molar-refractivity contribution in [3.05, 3.63) is 12.2 Å². The van der Waals surface area contributed by atoms with Crippen LogP contribution in [-0.2, 0) is 13.1 Å². The van der Waals surface area contributed by atoms with Gasteiger partial charge in [-0.25, -0.2) is 0 Å². The normalized spacial score (nSPS) is 18.4. The molecule has 17 heavy (non-hydrogen) atoms. The van der Waals surface area contributed by atoms with E-state index < -0.39 is 0 Å². The van der Waals surface area contributed by atoms with Crippen LogP contribution in [0.15, 0.2) is 6.33 Å². The molecule has 96 valence electrons. The van der Waals surface area contributed by atoms with Crippen LogP contribution in [0.5, 0.6) is 0 Å². The average Bonchev–Trinajstić information content (AvgIpc) is 2.76. The Morgan fingerprint density at radius 3 is 2.94 bits per heavy atom. The number of fused-ring (bicyclic) bond motifs is 1. The van der Waals surface area contributed by atoms with Crippen LogP contribution in [0.3, 0.4) is 0 Å². The Balaban J connectivity index is 1.93. The minimum Gasteiger partial charge on any atom is -0.315 e. The molecule has 5 heteroatoms. The predicted molar refractivity (Wildman–Crippen MR) is 67.6 cm³/mol. The summed E-state index contributed by atoms with van der Waals surface area (Å²) in [5, 5.41) is 11.7. The zero-order valence-corrected chi connectivity index (χ0v) is 11.1. The van der Waals surface area contributed by atoms with Crippen LogP contribution in [0.4, 0.5) is 0 Å². The van der Waals surface area contributed by atoms with Gasteiger partial charge < -0.3 is 9.88 Å². The van der Waals surface area contributed by atoms with Gasteiger partial charge in [0, 0.05) is 31.7 Å².